The van der Waals surface area contributed by atoms with E-state index in [-0.39, 0.29) is 11.8 Å². The Morgan fingerprint density at radius 2 is 2.08 bits per heavy atom. The summed E-state index contributed by atoms with van der Waals surface area (Å²) in [7, 11) is 0. The largest absolute Gasteiger partial charge is 0.370 e. The molecule has 0 bridgehead atoms. The predicted octanol–water partition coefficient (Wildman–Crippen LogP) is 3.75. The Kier molecular flexibility index (Phi) is 4.99. The molecule has 1 unspecified atom stereocenters. The molecular formula is C19H22FN3O2. The molecule has 132 valence electrons. The molecule has 1 atom stereocenters. The van der Waals surface area contributed by atoms with Crippen molar-refractivity contribution < 1.29 is 13.9 Å². The van der Waals surface area contributed by atoms with Gasteiger partial charge in [-0.15, -0.1) is 0 Å². The van der Waals surface area contributed by atoms with E-state index in [0.717, 1.165) is 22.6 Å². The van der Waals surface area contributed by atoms with E-state index in [4.69, 9.17) is 4.74 Å². The number of hydrogen-bond donors (Lipinski definition) is 1. The van der Waals surface area contributed by atoms with Gasteiger partial charge in [-0.25, -0.2) is 9.18 Å². The van der Waals surface area contributed by atoms with Crippen LogP contribution in [0, 0.1) is 26.6 Å². The molecule has 2 aromatic rings. The zero-order chi connectivity index (χ0) is 18.0. The summed E-state index contributed by atoms with van der Waals surface area (Å²) in [6.07, 6.45) is -0.459. The van der Waals surface area contributed by atoms with Gasteiger partial charge in [-0.3, -0.25) is 4.98 Å². The van der Waals surface area contributed by atoms with Crippen LogP contribution in [-0.2, 0) is 4.74 Å². The van der Waals surface area contributed by atoms with Crippen molar-refractivity contribution >= 4 is 11.7 Å². The number of aromatic nitrogens is 1. The van der Waals surface area contributed by atoms with Crippen molar-refractivity contribution in [3.63, 3.8) is 0 Å². The molecule has 3 rings (SSSR count). The summed E-state index contributed by atoms with van der Waals surface area (Å²) in [5.41, 5.74) is 3.87. The SMILES string of the molecule is Cc1cc(C)c(NC(=O)N2CCOC(c3ccccc3F)C2)c(C)n1. The van der Waals surface area contributed by atoms with Gasteiger partial charge >= 0.3 is 6.03 Å². The van der Waals surface area contributed by atoms with Gasteiger partial charge in [0, 0.05) is 17.8 Å². The first-order valence-electron chi connectivity index (χ1n) is 8.32. The Morgan fingerprint density at radius 3 is 2.80 bits per heavy atom. The van der Waals surface area contributed by atoms with Crippen molar-refractivity contribution in [1.82, 2.24) is 9.88 Å². The van der Waals surface area contributed by atoms with Crippen molar-refractivity contribution in [2.45, 2.75) is 26.9 Å². The van der Waals surface area contributed by atoms with Gasteiger partial charge in [0.2, 0.25) is 0 Å². The number of morpholine rings is 1. The fraction of sp³-hybridized carbons (Fsp3) is 0.368. The molecule has 0 saturated carbocycles. The molecule has 0 aliphatic carbocycles. The highest BCUT2D eigenvalue weighted by Crippen LogP contribution is 2.26. The third-order valence-electron chi connectivity index (χ3n) is 4.36. The zero-order valence-corrected chi connectivity index (χ0v) is 14.7. The fourth-order valence-electron chi connectivity index (χ4n) is 3.16. The first-order chi connectivity index (χ1) is 12.0. The van der Waals surface area contributed by atoms with Crippen LogP contribution in [0.25, 0.3) is 0 Å². The molecule has 0 spiro atoms. The van der Waals surface area contributed by atoms with Crippen LogP contribution in [0.2, 0.25) is 0 Å². The van der Waals surface area contributed by atoms with Gasteiger partial charge in [0.1, 0.15) is 11.9 Å². The maximum absolute atomic E-state index is 14.0. The molecule has 1 N–H and O–H groups in total. The van der Waals surface area contributed by atoms with Gasteiger partial charge in [0.15, 0.2) is 0 Å². The second-order valence-corrected chi connectivity index (χ2v) is 6.30. The number of hydrogen-bond acceptors (Lipinski definition) is 3. The molecule has 25 heavy (non-hydrogen) atoms. The maximum Gasteiger partial charge on any atom is 0.322 e. The zero-order valence-electron chi connectivity index (χ0n) is 14.7. The van der Waals surface area contributed by atoms with Crippen LogP contribution < -0.4 is 5.32 Å². The summed E-state index contributed by atoms with van der Waals surface area (Å²) in [5, 5.41) is 2.94. The first-order valence-corrected chi connectivity index (χ1v) is 8.32. The van der Waals surface area contributed by atoms with Crippen molar-refractivity contribution in [1.29, 1.82) is 0 Å². The number of urea groups is 1. The van der Waals surface area contributed by atoms with Crippen molar-refractivity contribution in [2.75, 3.05) is 25.0 Å². The van der Waals surface area contributed by atoms with E-state index >= 15 is 0 Å². The minimum absolute atomic E-state index is 0.221. The van der Waals surface area contributed by atoms with Gasteiger partial charge in [-0.05, 0) is 38.5 Å². The number of nitrogens with one attached hydrogen (secondary N) is 1. The van der Waals surface area contributed by atoms with Crippen LogP contribution in [0.15, 0.2) is 30.3 Å². The molecular weight excluding hydrogens is 321 g/mol. The minimum atomic E-state index is -0.459. The normalized spacial score (nSPS) is 17.4. The fourth-order valence-corrected chi connectivity index (χ4v) is 3.16. The Balaban J connectivity index is 1.74. The summed E-state index contributed by atoms with van der Waals surface area (Å²) >= 11 is 0. The minimum Gasteiger partial charge on any atom is -0.370 e. The summed E-state index contributed by atoms with van der Waals surface area (Å²) in [5.74, 6) is -0.316. The second-order valence-electron chi connectivity index (χ2n) is 6.30. The summed E-state index contributed by atoms with van der Waals surface area (Å²) in [6.45, 7) is 6.89. The number of nitrogens with zero attached hydrogens (tertiary/aromatic N) is 2. The number of anilines is 1. The highest BCUT2D eigenvalue weighted by molar-refractivity contribution is 5.90. The number of benzene rings is 1. The lowest BCUT2D eigenvalue weighted by Crippen LogP contribution is -2.44. The molecule has 1 aromatic heterocycles. The molecule has 1 aromatic carbocycles. The lowest BCUT2D eigenvalue weighted by atomic mass is 10.1. The molecule has 2 amide bonds. The van der Waals surface area contributed by atoms with E-state index in [1.165, 1.54) is 6.07 Å². The number of ether oxygens (including phenoxy) is 1. The standard InChI is InChI=1S/C19H22FN3O2/c1-12-10-13(2)21-14(3)18(12)22-19(24)23-8-9-25-17(11-23)15-6-4-5-7-16(15)20/h4-7,10,17H,8-9,11H2,1-3H3,(H,22,24). The Labute approximate surface area is 146 Å². The second kappa shape index (κ2) is 7.19. The lowest BCUT2D eigenvalue weighted by molar-refractivity contribution is -0.0152. The Morgan fingerprint density at radius 1 is 1.32 bits per heavy atom. The number of amides is 2. The molecule has 2 heterocycles. The van der Waals surface area contributed by atoms with Crippen molar-refractivity contribution in [2.24, 2.45) is 0 Å². The molecule has 1 aliphatic rings. The topological polar surface area (TPSA) is 54.5 Å². The summed E-state index contributed by atoms with van der Waals surface area (Å²) < 4.78 is 19.7. The maximum atomic E-state index is 14.0. The van der Waals surface area contributed by atoms with E-state index in [2.05, 4.69) is 10.3 Å². The third kappa shape index (κ3) is 3.79. The van der Waals surface area contributed by atoms with Crippen LogP contribution >= 0.6 is 0 Å². The Bertz CT molecular complexity index is 771. The molecule has 0 radical (unpaired) electrons. The summed E-state index contributed by atoms with van der Waals surface area (Å²) in [6, 6.07) is 8.22. The van der Waals surface area contributed by atoms with Gasteiger partial charge < -0.3 is 15.0 Å². The molecule has 1 saturated heterocycles. The van der Waals surface area contributed by atoms with E-state index in [1.54, 1.807) is 23.1 Å². The summed E-state index contributed by atoms with van der Waals surface area (Å²) in [4.78, 5) is 18.7. The number of aryl methyl sites for hydroxylation is 3. The number of carbonyl (C=O) groups excluding carboxylic acids is 1. The molecule has 6 heteroatoms. The highest BCUT2D eigenvalue weighted by Gasteiger charge is 2.27. The molecule has 1 aliphatic heterocycles. The Hall–Kier alpha value is -2.47. The number of rotatable bonds is 2. The van der Waals surface area contributed by atoms with E-state index in [0.29, 0.717) is 25.3 Å². The number of carbonyl (C=O) groups is 1. The third-order valence-corrected chi connectivity index (χ3v) is 4.36. The quantitative estimate of drug-likeness (QED) is 0.903. The van der Waals surface area contributed by atoms with Crippen LogP contribution in [0.5, 0.6) is 0 Å². The number of pyridine rings is 1. The van der Waals surface area contributed by atoms with Crippen LogP contribution in [0.4, 0.5) is 14.9 Å². The van der Waals surface area contributed by atoms with Gasteiger partial charge in [-0.2, -0.15) is 0 Å². The van der Waals surface area contributed by atoms with Gasteiger partial charge in [-0.1, -0.05) is 18.2 Å². The van der Waals surface area contributed by atoms with E-state index in [9.17, 15) is 9.18 Å². The van der Waals surface area contributed by atoms with Gasteiger partial charge in [0.05, 0.1) is 24.5 Å². The van der Waals surface area contributed by atoms with E-state index in [1.807, 2.05) is 26.8 Å². The van der Waals surface area contributed by atoms with Gasteiger partial charge in [0.25, 0.3) is 0 Å². The van der Waals surface area contributed by atoms with Crippen molar-refractivity contribution in [3.05, 3.63) is 58.7 Å². The van der Waals surface area contributed by atoms with Crippen LogP contribution in [0.1, 0.15) is 28.6 Å². The van der Waals surface area contributed by atoms with Crippen LogP contribution in [-0.4, -0.2) is 35.6 Å². The highest BCUT2D eigenvalue weighted by atomic mass is 19.1. The van der Waals surface area contributed by atoms with Crippen LogP contribution in [0.3, 0.4) is 0 Å². The average molecular weight is 343 g/mol. The lowest BCUT2D eigenvalue weighted by Gasteiger charge is -2.33. The average Bonchev–Trinajstić information content (AvgIpc) is 2.58. The predicted molar refractivity (Wildman–Crippen MR) is 94.1 cm³/mol. The van der Waals surface area contributed by atoms with Crippen molar-refractivity contribution in [3.8, 4) is 0 Å². The van der Waals surface area contributed by atoms with E-state index < -0.39 is 6.10 Å². The number of halogens is 1. The first kappa shape index (κ1) is 17.4. The molecule has 1 fully saturated rings. The monoisotopic (exact) mass is 343 g/mol. The smallest absolute Gasteiger partial charge is 0.322 e. The molecule has 5 nitrogen and oxygen atoms in total.